The number of carbonyl (C=O) groups is 1. The van der Waals surface area contributed by atoms with Crippen LogP contribution in [0, 0.1) is 0 Å². The molecule has 3 aromatic carbocycles. The highest BCUT2D eigenvalue weighted by atomic mass is 35.5. The molecule has 0 heterocycles. The first-order valence-corrected chi connectivity index (χ1v) is 8.88. The lowest BCUT2D eigenvalue weighted by Gasteiger charge is -2.11. The first-order valence-electron chi connectivity index (χ1n) is 8.50. The molecule has 27 heavy (non-hydrogen) atoms. The van der Waals surface area contributed by atoms with Crippen molar-refractivity contribution in [3.05, 3.63) is 88.9 Å². The average molecular weight is 378 g/mol. The second kappa shape index (κ2) is 8.52. The van der Waals surface area contributed by atoms with Gasteiger partial charge >= 0.3 is 0 Å². The van der Waals surface area contributed by atoms with E-state index in [9.17, 15) is 4.79 Å². The molecule has 0 spiro atoms. The lowest BCUT2D eigenvalue weighted by molar-refractivity contribution is 0.102. The molecule has 0 aliphatic heterocycles. The highest BCUT2D eigenvalue weighted by molar-refractivity contribution is 6.34. The van der Waals surface area contributed by atoms with Crippen molar-refractivity contribution in [1.82, 2.24) is 0 Å². The molecular formula is C22H20ClN3O. The maximum Gasteiger partial charge on any atom is 0.255 e. The van der Waals surface area contributed by atoms with Crippen molar-refractivity contribution in [2.75, 3.05) is 24.3 Å². The summed E-state index contributed by atoms with van der Waals surface area (Å²) in [5, 5.41) is 3.26. The Morgan fingerprint density at radius 1 is 1.00 bits per heavy atom. The predicted molar refractivity (Wildman–Crippen MR) is 114 cm³/mol. The Hall–Kier alpha value is -3.11. The van der Waals surface area contributed by atoms with Crippen molar-refractivity contribution < 1.29 is 4.79 Å². The Balaban J connectivity index is 1.70. The second-order valence-electron chi connectivity index (χ2n) is 6.23. The average Bonchev–Trinajstić information content (AvgIpc) is 2.69. The quantitative estimate of drug-likeness (QED) is 0.604. The first kappa shape index (κ1) is 18.7. The van der Waals surface area contributed by atoms with E-state index >= 15 is 0 Å². The van der Waals surface area contributed by atoms with E-state index < -0.39 is 0 Å². The van der Waals surface area contributed by atoms with Crippen LogP contribution in [0.3, 0.4) is 0 Å². The number of carbonyl (C=O) groups excluding carboxylic acids is 1. The Morgan fingerprint density at radius 3 is 2.33 bits per heavy atom. The number of nitrogens with zero attached hydrogens (tertiary/aromatic N) is 2. The van der Waals surface area contributed by atoms with E-state index in [4.69, 9.17) is 11.6 Å². The molecule has 0 fully saturated rings. The molecule has 0 unspecified atom stereocenters. The standard InChI is InChI=1S/C22H20ClN3O/c1-26(2)19-11-8-16(9-12-19)15-24-18-10-13-21(20(23)14-18)25-22(27)17-6-4-3-5-7-17/h3-15H,1-2H3,(H,25,27). The fourth-order valence-corrected chi connectivity index (χ4v) is 2.70. The fourth-order valence-electron chi connectivity index (χ4n) is 2.48. The summed E-state index contributed by atoms with van der Waals surface area (Å²) < 4.78 is 0. The van der Waals surface area contributed by atoms with Gasteiger partial charge in [-0.05, 0) is 48.0 Å². The van der Waals surface area contributed by atoms with Gasteiger partial charge < -0.3 is 10.2 Å². The number of anilines is 2. The third-order valence-corrected chi connectivity index (χ3v) is 4.32. The molecule has 1 amide bonds. The van der Waals surface area contributed by atoms with Gasteiger partial charge in [-0.25, -0.2) is 0 Å². The van der Waals surface area contributed by atoms with E-state index in [0.29, 0.717) is 16.3 Å². The van der Waals surface area contributed by atoms with Gasteiger partial charge in [-0.3, -0.25) is 9.79 Å². The molecule has 3 aromatic rings. The maximum atomic E-state index is 12.2. The predicted octanol–water partition coefficient (Wildman–Crippen LogP) is 5.41. The minimum Gasteiger partial charge on any atom is -0.378 e. The van der Waals surface area contributed by atoms with Gasteiger partial charge in [0, 0.05) is 31.6 Å². The molecule has 5 heteroatoms. The first-order chi connectivity index (χ1) is 13.0. The lowest BCUT2D eigenvalue weighted by atomic mass is 10.2. The summed E-state index contributed by atoms with van der Waals surface area (Å²) in [6, 6.07) is 22.4. The molecule has 0 bridgehead atoms. The molecule has 0 saturated carbocycles. The molecule has 0 aliphatic carbocycles. The minimum absolute atomic E-state index is 0.199. The van der Waals surface area contributed by atoms with E-state index in [-0.39, 0.29) is 5.91 Å². The topological polar surface area (TPSA) is 44.7 Å². The van der Waals surface area contributed by atoms with E-state index in [1.54, 1.807) is 30.5 Å². The smallest absolute Gasteiger partial charge is 0.255 e. The van der Waals surface area contributed by atoms with Crippen molar-refractivity contribution >= 4 is 40.8 Å². The highest BCUT2D eigenvalue weighted by Gasteiger charge is 2.08. The Bertz CT molecular complexity index is 951. The maximum absolute atomic E-state index is 12.2. The number of halogens is 1. The normalized spacial score (nSPS) is 10.8. The number of hydrogen-bond donors (Lipinski definition) is 1. The fraction of sp³-hybridized carbons (Fsp3) is 0.0909. The van der Waals surface area contributed by atoms with Gasteiger partial charge in [0.2, 0.25) is 0 Å². The molecular weight excluding hydrogens is 358 g/mol. The van der Waals surface area contributed by atoms with Gasteiger partial charge in [0.25, 0.3) is 5.91 Å². The van der Waals surface area contributed by atoms with Crippen LogP contribution in [0.1, 0.15) is 15.9 Å². The molecule has 0 saturated heterocycles. The minimum atomic E-state index is -0.199. The summed E-state index contributed by atoms with van der Waals surface area (Å²) in [6.07, 6.45) is 1.79. The summed E-state index contributed by atoms with van der Waals surface area (Å²) in [7, 11) is 4.01. The number of rotatable bonds is 5. The van der Waals surface area contributed by atoms with Crippen LogP contribution in [0.15, 0.2) is 77.8 Å². The SMILES string of the molecule is CN(C)c1ccc(C=Nc2ccc(NC(=O)c3ccccc3)c(Cl)c2)cc1. The number of hydrogen-bond acceptors (Lipinski definition) is 3. The molecule has 4 nitrogen and oxygen atoms in total. The monoisotopic (exact) mass is 377 g/mol. The van der Waals surface area contributed by atoms with Crippen molar-refractivity contribution in [3.8, 4) is 0 Å². The largest absolute Gasteiger partial charge is 0.378 e. The van der Waals surface area contributed by atoms with Crippen molar-refractivity contribution in [3.63, 3.8) is 0 Å². The van der Waals surface area contributed by atoms with Gasteiger partial charge in [0.1, 0.15) is 0 Å². The highest BCUT2D eigenvalue weighted by Crippen LogP contribution is 2.27. The van der Waals surface area contributed by atoms with Crippen LogP contribution in [0.25, 0.3) is 0 Å². The second-order valence-corrected chi connectivity index (χ2v) is 6.64. The molecule has 136 valence electrons. The summed E-state index contributed by atoms with van der Waals surface area (Å²) in [5.41, 5.74) is 3.98. The van der Waals surface area contributed by atoms with Crippen LogP contribution in [0.4, 0.5) is 17.1 Å². The van der Waals surface area contributed by atoms with Crippen LogP contribution in [-0.4, -0.2) is 26.2 Å². The zero-order valence-electron chi connectivity index (χ0n) is 15.2. The van der Waals surface area contributed by atoms with Crippen LogP contribution >= 0.6 is 11.6 Å². The van der Waals surface area contributed by atoms with Gasteiger partial charge in [-0.15, -0.1) is 0 Å². The van der Waals surface area contributed by atoms with Crippen LogP contribution in [0.5, 0.6) is 0 Å². The molecule has 0 aromatic heterocycles. The van der Waals surface area contributed by atoms with Crippen molar-refractivity contribution in [2.45, 2.75) is 0 Å². The van der Waals surface area contributed by atoms with Gasteiger partial charge in [0.15, 0.2) is 0 Å². The Morgan fingerprint density at radius 2 is 1.70 bits per heavy atom. The molecule has 1 N–H and O–H groups in total. The van der Waals surface area contributed by atoms with Crippen LogP contribution < -0.4 is 10.2 Å². The number of aliphatic imine (C=N–C) groups is 1. The van der Waals surface area contributed by atoms with E-state index in [1.165, 1.54) is 0 Å². The molecule has 0 radical (unpaired) electrons. The van der Waals surface area contributed by atoms with E-state index in [2.05, 4.69) is 10.3 Å². The summed E-state index contributed by atoms with van der Waals surface area (Å²) in [4.78, 5) is 18.7. The van der Waals surface area contributed by atoms with Gasteiger partial charge in [-0.2, -0.15) is 0 Å². The number of nitrogens with one attached hydrogen (secondary N) is 1. The zero-order valence-corrected chi connectivity index (χ0v) is 15.9. The van der Waals surface area contributed by atoms with Gasteiger partial charge in [-0.1, -0.05) is 41.9 Å². The van der Waals surface area contributed by atoms with E-state index in [1.807, 2.05) is 67.5 Å². The zero-order chi connectivity index (χ0) is 19.2. The Kier molecular flexibility index (Phi) is 5.89. The summed E-state index contributed by atoms with van der Waals surface area (Å²) >= 11 is 6.30. The van der Waals surface area contributed by atoms with E-state index in [0.717, 1.165) is 16.9 Å². The Labute approximate surface area is 164 Å². The summed E-state index contributed by atoms with van der Waals surface area (Å²) in [6.45, 7) is 0. The van der Waals surface area contributed by atoms with Crippen molar-refractivity contribution in [2.24, 2.45) is 4.99 Å². The summed E-state index contributed by atoms with van der Waals surface area (Å²) in [5.74, 6) is -0.199. The van der Waals surface area contributed by atoms with Gasteiger partial charge in [0.05, 0.1) is 16.4 Å². The number of amides is 1. The number of benzene rings is 3. The third-order valence-electron chi connectivity index (χ3n) is 4.01. The third kappa shape index (κ3) is 4.96. The van der Waals surface area contributed by atoms with Crippen molar-refractivity contribution in [1.29, 1.82) is 0 Å². The van der Waals surface area contributed by atoms with Crippen LogP contribution in [0.2, 0.25) is 5.02 Å². The molecule has 0 atom stereocenters. The molecule has 0 aliphatic rings. The lowest BCUT2D eigenvalue weighted by Crippen LogP contribution is -2.11. The molecule has 3 rings (SSSR count). The van der Waals surface area contributed by atoms with Crippen LogP contribution in [-0.2, 0) is 0 Å².